The van der Waals surface area contributed by atoms with Crippen molar-refractivity contribution in [3.8, 4) is 5.75 Å². The highest BCUT2D eigenvalue weighted by Crippen LogP contribution is 2.38. The van der Waals surface area contributed by atoms with Crippen molar-refractivity contribution < 1.29 is 18.3 Å². The Kier molecular flexibility index (Phi) is 5.40. The Morgan fingerprint density at radius 3 is 2.76 bits per heavy atom. The van der Waals surface area contributed by atoms with Gasteiger partial charge in [-0.15, -0.1) is 0 Å². The van der Waals surface area contributed by atoms with Gasteiger partial charge in [0.15, 0.2) is 5.75 Å². The molecule has 1 saturated carbocycles. The molecule has 0 heterocycles. The van der Waals surface area contributed by atoms with Crippen LogP contribution >= 0.6 is 27.5 Å². The van der Waals surface area contributed by atoms with E-state index in [0.29, 0.717) is 6.42 Å². The number of amides is 1. The Morgan fingerprint density at radius 2 is 2.19 bits per heavy atom. The van der Waals surface area contributed by atoms with Gasteiger partial charge in [0, 0.05) is 11.1 Å². The van der Waals surface area contributed by atoms with E-state index >= 15 is 0 Å². The third-order valence-electron chi connectivity index (χ3n) is 3.38. The Bertz CT molecular complexity index is 545. The van der Waals surface area contributed by atoms with Crippen molar-refractivity contribution in [1.82, 2.24) is 0 Å². The highest BCUT2D eigenvalue weighted by Gasteiger charge is 2.31. The van der Waals surface area contributed by atoms with Crippen molar-refractivity contribution in [2.45, 2.75) is 31.9 Å². The number of halogens is 4. The molecule has 8 heteroatoms. The minimum atomic E-state index is -3.01. The van der Waals surface area contributed by atoms with Crippen molar-refractivity contribution in [1.29, 1.82) is 0 Å². The van der Waals surface area contributed by atoms with Crippen LogP contribution in [0.15, 0.2) is 16.6 Å². The molecule has 4 nitrogen and oxygen atoms in total. The van der Waals surface area contributed by atoms with Crippen LogP contribution in [-0.4, -0.2) is 18.6 Å². The molecule has 3 N–H and O–H groups in total. The van der Waals surface area contributed by atoms with E-state index < -0.39 is 6.61 Å². The van der Waals surface area contributed by atoms with Crippen LogP contribution in [0.25, 0.3) is 0 Å². The summed E-state index contributed by atoms with van der Waals surface area (Å²) in [5.74, 6) is -0.801. The SMILES string of the molecule is NC1CCCC1C(=O)Nc1cc(Cl)cc(Br)c1OC(F)F. The molecule has 0 spiro atoms. The maximum atomic E-state index is 12.5. The Morgan fingerprint density at radius 1 is 1.48 bits per heavy atom. The second-order valence-electron chi connectivity index (χ2n) is 4.83. The topological polar surface area (TPSA) is 64.4 Å². The molecule has 21 heavy (non-hydrogen) atoms. The molecular formula is C13H14BrClF2N2O2. The number of carbonyl (C=O) groups excluding carboxylic acids is 1. The lowest BCUT2D eigenvalue weighted by molar-refractivity contribution is -0.120. The molecule has 0 saturated heterocycles. The lowest BCUT2D eigenvalue weighted by atomic mass is 10.0. The maximum Gasteiger partial charge on any atom is 0.387 e. The first kappa shape index (κ1) is 16.5. The lowest BCUT2D eigenvalue weighted by Crippen LogP contribution is -2.34. The second-order valence-corrected chi connectivity index (χ2v) is 6.12. The summed E-state index contributed by atoms with van der Waals surface area (Å²) >= 11 is 8.97. The highest BCUT2D eigenvalue weighted by atomic mass is 79.9. The molecular weight excluding hydrogens is 370 g/mol. The number of nitrogens with two attached hydrogens (primary N) is 1. The monoisotopic (exact) mass is 382 g/mol. The molecule has 116 valence electrons. The van der Waals surface area contributed by atoms with E-state index in [1.54, 1.807) is 0 Å². The summed E-state index contributed by atoms with van der Waals surface area (Å²) in [5, 5.41) is 2.86. The third-order valence-corrected chi connectivity index (χ3v) is 4.19. The fourth-order valence-electron chi connectivity index (χ4n) is 2.40. The summed E-state index contributed by atoms with van der Waals surface area (Å²) in [6.45, 7) is -3.01. The molecule has 1 fully saturated rings. The third kappa shape index (κ3) is 4.05. The van der Waals surface area contributed by atoms with Crippen molar-refractivity contribution in [2.24, 2.45) is 11.7 Å². The standard InChI is InChI=1S/C13H14BrClF2N2O2/c14-8-4-6(15)5-10(11(8)21-13(16)17)19-12(20)7-2-1-3-9(7)18/h4-5,7,9,13H,1-3,18H2,(H,19,20). The minimum absolute atomic E-state index is 0.0961. The first-order chi connectivity index (χ1) is 9.88. The number of hydrogen-bond acceptors (Lipinski definition) is 3. The van der Waals surface area contributed by atoms with Gasteiger partial charge in [-0.25, -0.2) is 0 Å². The molecule has 1 aliphatic rings. The van der Waals surface area contributed by atoms with Crippen LogP contribution in [0.1, 0.15) is 19.3 Å². The second kappa shape index (κ2) is 6.89. The lowest BCUT2D eigenvalue weighted by Gasteiger charge is -2.18. The van der Waals surface area contributed by atoms with Crippen LogP contribution in [0.5, 0.6) is 5.75 Å². The van der Waals surface area contributed by atoms with Crippen LogP contribution in [-0.2, 0) is 4.79 Å². The quantitative estimate of drug-likeness (QED) is 0.832. The molecule has 1 aliphatic carbocycles. The number of alkyl halides is 2. The molecule has 0 aliphatic heterocycles. The molecule has 1 aromatic carbocycles. The van der Waals surface area contributed by atoms with Crippen LogP contribution in [0, 0.1) is 5.92 Å². The van der Waals surface area contributed by atoms with E-state index in [1.165, 1.54) is 12.1 Å². The van der Waals surface area contributed by atoms with E-state index in [0.717, 1.165) is 12.8 Å². The predicted molar refractivity (Wildman–Crippen MR) is 79.7 cm³/mol. The number of carbonyl (C=O) groups is 1. The van der Waals surface area contributed by atoms with Gasteiger partial charge in [-0.05, 0) is 40.9 Å². The summed E-state index contributed by atoms with van der Waals surface area (Å²) in [6, 6.07) is 2.56. The van der Waals surface area contributed by atoms with Gasteiger partial charge in [-0.1, -0.05) is 18.0 Å². The summed E-state index contributed by atoms with van der Waals surface area (Å²) in [7, 11) is 0. The molecule has 2 unspecified atom stereocenters. The van der Waals surface area contributed by atoms with Gasteiger partial charge in [0.25, 0.3) is 0 Å². The predicted octanol–water partition coefficient (Wildman–Crippen LogP) is 3.77. The van der Waals surface area contributed by atoms with Crippen molar-refractivity contribution in [3.05, 3.63) is 21.6 Å². The summed E-state index contributed by atoms with van der Waals surface area (Å²) in [6.07, 6.45) is 2.33. The Labute approximate surface area is 134 Å². The molecule has 1 aromatic rings. The van der Waals surface area contributed by atoms with E-state index in [1.807, 2.05) is 0 Å². The zero-order valence-corrected chi connectivity index (χ0v) is 13.3. The van der Waals surface area contributed by atoms with E-state index in [4.69, 9.17) is 17.3 Å². The highest BCUT2D eigenvalue weighted by molar-refractivity contribution is 9.10. The number of rotatable bonds is 4. The first-order valence-electron chi connectivity index (χ1n) is 6.38. The van der Waals surface area contributed by atoms with E-state index in [2.05, 4.69) is 26.0 Å². The van der Waals surface area contributed by atoms with Gasteiger partial charge in [0.2, 0.25) is 5.91 Å². The van der Waals surface area contributed by atoms with Crippen LogP contribution in [0.4, 0.5) is 14.5 Å². The zero-order valence-electron chi connectivity index (χ0n) is 10.9. The van der Waals surface area contributed by atoms with Crippen molar-refractivity contribution in [2.75, 3.05) is 5.32 Å². The van der Waals surface area contributed by atoms with Gasteiger partial charge < -0.3 is 15.8 Å². The normalized spacial score (nSPS) is 21.6. The number of benzene rings is 1. The smallest absolute Gasteiger partial charge is 0.387 e. The Balaban J connectivity index is 2.23. The van der Waals surface area contributed by atoms with Crippen molar-refractivity contribution in [3.63, 3.8) is 0 Å². The number of nitrogens with one attached hydrogen (secondary N) is 1. The van der Waals surface area contributed by atoms with Crippen LogP contribution < -0.4 is 15.8 Å². The molecule has 2 rings (SSSR count). The number of ether oxygens (including phenoxy) is 1. The molecule has 0 bridgehead atoms. The average molecular weight is 384 g/mol. The fourth-order valence-corrected chi connectivity index (χ4v) is 3.31. The summed E-state index contributed by atoms with van der Waals surface area (Å²) in [4.78, 5) is 12.2. The zero-order chi connectivity index (χ0) is 15.6. The van der Waals surface area contributed by atoms with Crippen molar-refractivity contribution >= 4 is 39.1 Å². The Hall–Kier alpha value is -0.920. The molecule has 0 aromatic heterocycles. The molecule has 1 amide bonds. The van der Waals surface area contributed by atoms with Gasteiger partial charge in [-0.2, -0.15) is 8.78 Å². The summed E-state index contributed by atoms with van der Waals surface area (Å²) < 4.78 is 29.6. The average Bonchev–Trinajstić information content (AvgIpc) is 2.79. The largest absolute Gasteiger partial charge is 0.431 e. The minimum Gasteiger partial charge on any atom is -0.431 e. The summed E-state index contributed by atoms with van der Waals surface area (Å²) in [5.41, 5.74) is 5.96. The fraction of sp³-hybridized carbons (Fsp3) is 0.462. The van der Waals surface area contributed by atoms with Gasteiger partial charge >= 0.3 is 6.61 Å². The van der Waals surface area contributed by atoms with Gasteiger partial charge in [0.05, 0.1) is 16.1 Å². The van der Waals surface area contributed by atoms with Gasteiger partial charge in [0.1, 0.15) is 0 Å². The van der Waals surface area contributed by atoms with E-state index in [-0.39, 0.29) is 38.8 Å². The van der Waals surface area contributed by atoms with Crippen LogP contribution in [0.3, 0.4) is 0 Å². The first-order valence-corrected chi connectivity index (χ1v) is 7.56. The number of anilines is 1. The van der Waals surface area contributed by atoms with E-state index in [9.17, 15) is 13.6 Å². The van der Waals surface area contributed by atoms with Crippen LogP contribution in [0.2, 0.25) is 5.02 Å². The molecule has 0 radical (unpaired) electrons. The van der Waals surface area contributed by atoms with Gasteiger partial charge in [-0.3, -0.25) is 4.79 Å². The molecule has 2 atom stereocenters. The number of hydrogen-bond donors (Lipinski definition) is 2. The maximum absolute atomic E-state index is 12.5.